The van der Waals surface area contributed by atoms with Crippen molar-refractivity contribution in [1.29, 1.82) is 0 Å². The van der Waals surface area contributed by atoms with E-state index in [1.807, 2.05) is 24.7 Å². The molecule has 0 unspecified atom stereocenters. The van der Waals surface area contributed by atoms with E-state index < -0.39 is 0 Å². The zero-order valence-corrected chi connectivity index (χ0v) is 11.5. The molecular formula is C12H19N7. The maximum Gasteiger partial charge on any atom is 0.224 e. The van der Waals surface area contributed by atoms with Gasteiger partial charge in [-0.05, 0) is 13.3 Å². The van der Waals surface area contributed by atoms with E-state index in [9.17, 15) is 0 Å². The van der Waals surface area contributed by atoms with Gasteiger partial charge < -0.3 is 15.2 Å². The molecule has 7 heteroatoms. The lowest BCUT2D eigenvalue weighted by molar-refractivity contribution is 0.809. The van der Waals surface area contributed by atoms with Crippen LogP contribution in [0.2, 0.25) is 0 Å². The number of anilines is 2. The van der Waals surface area contributed by atoms with Gasteiger partial charge in [-0.15, -0.1) is 10.2 Å². The third-order valence-corrected chi connectivity index (χ3v) is 2.72. The van der Waals surface area contributed by atoms with E-state index in [-0.39, 0.29) is 0 Å². The quantitative estimate of drug-likeness (QED) is 0.817. The van der Waals surface area contributed by atoms with Crippen LogP contribution in [0.1, 0.15) is 24.7 Å². The van der Waals surface area contributed by atoms with Crippen LogP contribution in [0.15, 0.2) is 12.5 Å². The number of nitrogens with one attached hydrogen (secondary N) is 2. The predicted molar refractivity (Wildman–Crippen MR) is 73.9 cm³/mol. The van der Waals surface area contributed by atoms with Crippen LogP contribution in [0.3, 0.4) is 0 Å². The van der Waals surface area contributed by atoms with Gasteiger partial charge in [-0.1, -0.05) is 6.92 Å². The first kappa shape index (κ1) is 13.3. The molecule has 0 aliphatic rings. The summed E-state index contributed by atoms with van der Waals surface area (Å²) in [5, 5.41) is 14.3. The summed E-state index contributed by atoms with van der Waals surface area (Å²) in [6.07, 6.45) is 4.53. The Hall–Kier alpha value is -2.18. The second-order valence-electron chi connectivity index (χ2n) is 4.36. The summed E-state index contributed by atoms with van der Waals surface area (Å²) in [4.78, 5) is 8.69. The molecule has 0 fully saturated rings. The first-order chi connectivity index (χ1) is 9.20. The van der Waals surface area contributed by atoms with E-state index in [1.54, 1.807) is 6.33 Å². The zero-order chi connectivity index (χ0) is 13.7. The van der Waals surface area contributed by atoms with Gasteiger partial charge in [0, 0.05) is 25.4 Å². The van der Waals surface area contributed by atoms with Gasteiger partial charge in [0.1, 0.15) is 12.1 Å². The molecule has 0 spiro atoms. The fourth-order valence-corrected chi connectivity index (χ4v) is 1.57. The summed E-state index contributed by atoms with van der Waals surface area (Å²) >= 11 is 0. The average Bonchev–Trinajstić information content (AvgIpc) is 2.82. The molecule has 0 aliphatic heterocycles. The summed E-state index contributed by atoms with van der Waals surface area (Å²) in [5.74, 6) is 2.32. The largest absolute Gasteiger partial charge is 0.362 e. The molecule has 0 saturated heterocycles. The van der Waals surface area contributed by atoms with Crippen molar-refractivity contribution >= 4 is 11.8 Å². The van der Waals surface area contributed by atoms with Crippen molar-refractivity contribution in [3.8, 4) is 0 Å². The van der Waals surface area contributed by atoms with Crippen LogP contribution in [0, 0.1) is 6.92 Å². The highest BCUT2D eigenvalue weighted by Crippen LogP contribution is 2.13. The molecule has 0 aromatic carbocycles. The standard InChI is InChI=1S/C12H19N7/c1-4-5-13-12-15-6-9(2)11(17-12)14-7-10-18-16-8-19(10)3/h6,8H,4-5,7H2,1-3H3,(H2,13,14,15,17). The molecule has 2 heterocycles. The Morgan fingerprint density at radius 3 is 2.84 bits per heavy atom. The van der Waals surface area contributed by atoms with E-state index in [0.717, 1.165) is 30.2 Å². The van der Waals surface area contributed by atoms with E-state index >= 15 is 0 Å². The first-order valence-electron chi connectivity index (χ1n) is 6.35. The summed E-state index contributed by atoms with van der Waals surface area (Å²) in [6, 6.07) is 0. The second-order valence-corrected chi connectivity index (χ2v) is 4.36. The Balaban J connectivity index is 2.04. The van der Waals surface area contributed by atoms with Gasteiger partial charge >= 0.3 is 0 Å². The van der Waals surface area contributed by atoms with Gasteiger partial charge in [-0.2, -0.15) is 4.98 Å². The number of aromatic nitrogens is 5. The summed E-state index contributed by atoms with van der Waals surface area (Å²) in [6.45, 7) is 5.53. The molecule has 2 aromatic rings. The van der Waals surface area contributed by atoms with Gasteiger partial charge in [-0.3, -0.25) is 0 Å². The van der Waals surface area contributed by atoms with E-state index in [2.05, 4.69) is 37.7 Å². The van der Waals surface area contributed by atoms with Gasteiger partial charge in [0.15, 0.2) is 5.82 Å². The molecule has 0 radical (unpaired) electrons. The van der Waals surface area contributed by atoms with Crippen LogP contribution in [-0.2, 0) is 13.6 Å². The normalized spacial score (nSPS) is 10.5. The van der Waals surface area contributed by atoms with Gasteiger partial charge in [-0.25, -0.2) is 4.98 Å². The van der Waals surface area contributed by atoms with Crippen molar-refractivity contribution in [2.24, 2.45) is 7.05 Å². The van der Waals surface area contributed by atoms with Crippen LogP contribution in [0.4, 0.5) is 11.8 Å². The van der Waals surface area contributed by atoms with Crippen molar-refractivity contribution < 1.29 is 0 Å². The third kappa shape index (κ3) is 3.40. The third-order valence-electron chi connectivity index (χ3n) is 2.72. The smallest absolute Gasteiger partial charge is 0.224 e. The maximum absolute atomic E-state index is 4.45. The maximum atomic E-state index is 4.45. The minimum Gasteiger partial charge on any atom is -0.362 e. The average molecular weight is 261 g/mol. The lowest BCUT2D eigenvalue weighted by Crippen LogP contribution is -2.10. The van der Waals surface area contributed by atoms with E-state index in [1.165, 1.54) is 0 Å². The van der Waals surface area contributed by atoms with E-state index in [4.69, 9.17) is 0 Å². The Kier molecular flexibility index (Phi) is 4.27. The Morgan fingerprint density at radius 2 is 2.16 bits per heavy atom. The fourth-order valence-electron chi connectivity index (χ4n) is 1.57. The molecule has 0 bridgehead atoms. The molecule has 0 saturated carbocycles. The highest BCUT2D eigenvalue weighted by molar-refractivity contribution is 5.46. The SMILES string of the molecule is CCCNc1ncc(C)c(NCc2nncn2C)n1. The molecule has 102 valence electrons. The van der Waals surface area contributed by atoms with Crippen molar-refractivity contribution in [2.75, 3.05) is 17.2 Å². The summed E-state index contributed by atoms with van der Waals surface area (Å²) in [5.41, 5.74) is 1.00. The zero-order valence-electron chi connectivity index (χ0n) is 11.5. The van der Waals surface area contributed by atoms with Crippen molar-refractivity contribution in [3.63, 3.8) is 0 Å². The monoisotopic (exact) mass is 261 g/mol. The lowest BCUT2D eigenvalue weighted by atomic mass is 10.3. The molecule has 2 rings (SSSR count). The molecule has 0 atom stereocenters. The topological polar surface area (TPSA) is 80.5 Å². The fraction of sp³-hybridized carbons (Fsp3) is 0.500. The first-order valence-corrected chi connectivity index (χ1v) is 6.35. The van der Waals surface area contributed by atoms with Crippen LogP contribution in [0.5, 0.6) is 0 Å². The number of hydrogen-bond acceptors (Lipinski definition) is 6. The molecule has 0 aliphatic carbocycles. The van der Waals surface area contributed by atoms with Crippen LogP contribution < -0.4 is 10.6 Å². The highest BCUT2D eigenvalue weighted by Gasteiger charge is 2.05. The van der Waals surface area contributed by atoms with Crippen LogP contribution in [0.25, 0.3) is 0 Å². The number of hydrogen-bond donors (Lipinski definition) is 2. The number of aryl methyl sites for hydroxylation is 2. The van der Waals surface area contributed by atoms with E-state index in [0.29, 0.717) is 12.5 Å². The number of nitrogens with zero attached hydrogens (tertiary/aromatic N) is 5. The van der Waals surface area contributed by atoms with Crippen LogP contribution >= 0.6 is 0 Å². The molecule has 19 heavy (non-hydrogen) atoms. The predicted octanol–water partition coefficient (Wildman–Crippen LogP) is 1.35. The molecular weight excluding hydrogens is 242 g/mol. The van der Waals surface area contributed by atoms with Crippen LogP contribution in [-0.4, -0.2) is 31.3 Å². The number of rotatable bonds is 6. The summed E-state index contributed by atoms with van der Waals surface area (Å²) in [7, 11) is 1.91. The molecule has 7 nitrogen and oxygen atoms in total. The molecule has 0 amide bonds. The lowest BCUT2D eigenvalue weighted by Gasteiger charge is -2.10. The molecule has 2 N–H and O–H groups in total. The highest BCUT2D eigenvalue weighted by atomic mass is 15.3. The minimum absolute atomic E-state index is 0.585. The Bertz CT molecular complexity index is 535. The molecule has 2 aromatic heterocycles. The van der Waals surface area contributed by atoms with Crippen molar-refractivity contribution in [1.82, 2.24) is 24.7 Å². The second kappa shape index (κ2) is 6.12. The van der Waals surface area contributed by atoms with Crippen molar-refractivity contribution in [2.45, 2.75) is 26.8 Å². The minimum atomic E-state index is 0.585. The Labute approximate surface area is 112 Å². The summed E-state index contributed by atoms with van der Waals surface area (Å²) < 4.78 is 1.87. The Morgan fingerprint density at radius 1 is 1.32 bits per heavy atom. The van der Waals surface area contributed by atoms with Crippen molar-refractivity contribution in [3.05, 3.63) is 23.9 Å². The van der Waals surface area contributed by atoms with Gasteiger partial charge in [0.05, 0.1) is 6.54 Å². The van der Waals surface area contributed by atoms with Gasteiger partial charge in [0.2, 0.25) is 5.95 Å². The van der Waals surface area contributed by atoms with Gasteiger partial charge in [0.25, 0.3) is 0 Å².